The summed E-state index contributed by atoms with van der Waals surface area (Å²) in [5.41, 5.74) is 1.93. The van der Waals surface area contributed by atoms with E-state index in [1.54, 1.807) is 0 Å². The summed E-state index contributed by atoms with van der Waals surface area (Å²) in [7, 11) is 0. The van der Waals surface area contributed by atoms with Crippen molar-refractivity contribution in [3.63, 3.8) is 0 Å². The SMILES string of the molecule is Cc1ccc(Cn2c(CC3CCCNCC3)nc3cccnc32)o1. The Balaban J connectivity index is 1.66. The minimum Gasteiger partial charge on any atom is -0.464 e. The smallest absolute Gasteiger partial charge is 0.160 e. The van der Waals surface area contributed by atoms with E-state index in [4.69, 9.17) is 9.40 Å². The monoisotopic (exact) mass is 324 g/mol. The van der Waals surface area contributed by atoms with E-state index in [1.807, 2.05) is 37.4 Å². The van der Waals surface area contributed by atoms with Gasteiger partial charge in [-0.25, -0.2) is 9.97 Å². The molecule has 3 aromatic rings. The van der Waals surface area contributed by atoms with Gasteiger partial charge in [0.2, 0.25) is 0 Å². The molecule has 24 heavy (non-hydrogen) atoms. The number of furan rings is 1. The van der Waals surface area contributed by atoms with Gasteiger partial charge >= 0.3 is 0 Å². The molecule has 5 nitrogen and oxygen atoms in total. The Morgan fingerprint density at radius 2 is 2.21 bits per heavy atom. The van der Waals surface area contributed by atoms with Gasteiger partial charge < -0.3 is 14.3 Å². The number of rotatable bonds is 4. The number of pyridine rings is 1. The van der Waals surface area contributed by atoms with E-state index in [9.17, 15) is 0 Å². The maximum Gasteiger partial charge on any atom is 0.160 e. The lowest BCUT2D eigenvalue weighted by Gasteiger charge is -2.14. The summed E-state index contributed by atoms with van der Waals surface area (Å²) in [6.07, 6.45) is 6.59. The highest BCUT2D eigenvalue weighted by molar-refractivity contribution is 5.71. The van der Waals surface area contributed by atoms with E-state index in [-0.39, 0.29) is 0 Å². The molecule has 4 heterocycles. The average Bonchev–Trinajstić information content (AvgIpc) is 3.03. The van der Waals surface area contributed by atoms with Crippen LogP contribution in [0.5, 0.6) is 0 Å². The summed E-state index contributed by atoms with van der Waals surface area (Å²) in [5, 5.41) is 3.49. The molecule has 126 valence electrons. The lowest BCUT2D eigenvalue weighted by molar-refractivity contribution is 0.438. The Morgan fingerprint density at radius 1 is 1.25 bits per heavy atom. The first-order valence-electron chi connectivity index (χ1n) is 8.86. The molecule has 0 aliphatic carbocycles. The molecule has 1 saturated heterocycles. The van der Waals surface area contributed by atoms with Gasteiger partial charge in [-0.05, 0) is 69.5 Å². The minimum atomic E-state index is 0.689. The summed E-state index contributed by atoms with van der Waals surface area (Å²) in [4.78, 5) is 9.44. The van der Waals surface area contributed by atoms with Gasteiger partial charge in [-0.2, -0.15) is 0 Å². The normalized spacial score (nSPS) is 18.8. The van der Waals surface area contributed by atoms with Gasteiger partial charge in [-0.1, -0.05) is 0 Å². The molecule has 1 N–H and O–H groups in total. The van der Waals surface area contributed by atoms with Crippen LogP contribution in [0.2, 0.25) is 0 Å². The molecule has 0 amide bonds. The summed E-state index contributed by atoms with van der Waals surface area (Å²) >= 11 is 0. The molecule has 1 unspecified atom stereocenters. The van der Waals surface area contributed by atoms with E-state index in [1.165, 1.54) is 19.3 Å². The lowest BCUT2D eigenvalue weighted by Crippen LogP contribution is -2.15. The average molecular weight is 324 g/mol. The first-order valence-corrected chi connectivity index (χ1v) is 8.86. The number of nitrogens with one attached hydrogen (secondary N) is 1. The van der Waals surface area contributed by atoms with Gasteiger partial charge in [0.05, 0.1) is 6.54 Å². The van der Waals surface area contributed by atoms with E-state index >= 15 is 0 Å². The van der Waals surface area contributed by atoms with Gasteiger partial charge in [0.1, 0.15) is 22.9 Å². The highest BCUT2D eigenvalue weighted by atomic mass is 16.3. The molecule has 3 aromatic heterocycles. The molecule has 5 heteroatoms. The Morgan fingerprint density at radius 3 is 3.08 bits per heavy atom. The fourth-order valence-corrected chi connectivity index (χ4v) is 3.61. The largest absolute Gasteiger partial charge is 0.464 e. The Hall–Kier alpha value is -2.14. The van der Waals surface area contributed by atoms with Crippen molar-refractivity contribution in [2.45, 2.75) is 39.2 Å². The standard InChI is InChI=1S/C19H24N4O/c1-14-6-7-16(24-14)13-23-18(12-15-4-2-9-20-11-8-15)22-17-5-3-10-21-19(17)23/h3,5-7,10,15,20H,2,4,8-9,11-13H2,1H3. The maximum absolute atomic E-state index is 5.78. The number of fused-ring (bicyclic) bond motifs is 1. The van der Waals surface area contributed by atoms with Crippen LogP contribution in [0, 0.1) is 12.8 Å². The first kappa shape index (κ1) is 15.4. The summed E-state index contributed by atoms with van der Waals surface area (Å²) < 4.78 is 8.01. The van der Waals surface area contributed by atoms with Crippen LogP contribution in [0.15, 0.2) is 34.9 Å². The van der Waals surface area contributed by atoms with Crippen LogP contribution in [0.4, 0.5) is 0 Å². The van der Waals surface area contributed by atoms with Crippen LogP contribution in [0.25, 0.3) is 11.2 Å². The Bertz CT molecular complexity index is 812. The zero-order valence-electron chi connectivity index (χ0n) is 14.2. The van der Waals surface area contributed by atoms with Crippen molar-refractivity contribution < 1.29 is 4.42 Å². The highest BCUT2D eigenvalue weighted by Crippen LogP contribution is 2.23. The van der Waals surface area contributed by atoms with Crippen molar-refractivity contribution in [2.75, 3.05) is 13.1 Å². The summed E-state index contributed by atoms with van der Waals surface area (Å²) in [5.74, 6) is 3.72. The van der Waals surface area contributed by atoms with E-state index in [0.717, 1.165) is 48.0 Å². The molecule has 1 fully saturated rings. The van der Waals surface area contributed by atoms with Crippen molar-refractivity contribution in [1.29, 1.82) is 0 Å². The lowest BCUT2D eigenvalue weighted by atomic mass is 9.96. The van der Waals surface area contributed by atoms with Crippen LogP contribution in [0.3, 0.4) is 0 Å². The quantitative estimate of drug-likeness (QED) is 0.800. The second kappa shape index (κ2) is 6.77. The van der Waals surface area contributed by atoms with Crippen molar-refractivity contribution in [2.24, 2.45) is 5.92 Å². The van der Waals surface area contributed by atoms with Crippen molar-refractivity contribution in [3.8, 4) is 0 Å². The van der Waals surface area contributed by atoms with E-state index in [2.05, 4.69) is 14.9 Å². The third kappa shape index (κ3) is 3.22. The fraction of sp³-hybridized carbons (Fsp3) is 0.474. The van der Waals surface area contributed by atoms with Gasteiger partial charge in [0.25, 0.3) is 0 Å². The third-order valence-corrected chi connectivity index (χ3v) is 4.86. The topological polar surface area (TPSA) is 55.9 Å². The molecule has 0 bridgehead atoms. The number of nitrogens with zero attached hydrogens (tertiary/aromatic N) is 3. The van der Waals surface area contributed by atoms with Crippen LogP contribution >= 0.6 is 0 Å². The van der Waals surface area contributed by atoms with Crippen molar-refractivity contribution in [1.82, 2.24) is 19.9 Å². The molecular formula is C19H24N4O. The molecule has 0 radical (unpaired) electrons. The number of hydrogen-bond donors (Lipinski definition) is 1. The van der Waals surface area contributed by atoms with E-state index < -0.39 is 0 Å². The number of imidazole rings is 1. The second-order valence-electron chi connectivity index (χ2n) is 6.72. The van der Waals surface area contributed by atoms with Gasteiger partial charge in [0, 0.05) is 12.6 Å². The highest BCUT2D eigenvalue weighted by Gasteiger charge is 2.19. The van der Waals surface area contributed by atoms with Crippen LogP contribution in [-0.2, 0) is 13.0 Å². The van der Waals surface area contributed by atoms with Crippen molar-refractivity contribution in [3.05, 3.63) is 47.8 Å². The van der Waals surface area contributed by atoms with E-state index in [0.29, 0.717) is 12.5 Å². The van der Waals surface area contributed by atoms with Crippen LogP contribution in [-0.4, -0.2) is 27.6 Å². The molecule has 0 spiro atoms. The Labute approximate surface area is 142 Å². The van der Waals surface area contributed by atoms with Crippen molar-refractivity contribution >= 4 is 11.2 Å². The Kier molecular flexibility index (Phi) is 4.34. The molecule has 1 aliphatic rings. The summed E-state index contributed by atoms with van der Waals surface area (Å²) in [6.45, 7) is 4.93. The summed E-state index contributed by atoms with van der Waals surface area (Å²) in [6, 6.07) is 8.06. The van der Waals surface area contributed by atoms with Crippen LogP contribution < -0.4 is 5.32 Å². The van der Waals surface area contributed by atoms with Gasteiger partial charge in [-0.3, -0.25) is 0 Å². The number of aryl methyl sites for hydroxylation is 1. The molecular weight excluding hydrogens is 300 g/mol. The second-order valence-corrected chi connectivity index (χ2v) is 6.72. The zero-order valence-corrected chi connectivity index (χ0v) is 14.2. The molecule has 0 saturated carbocycles. The zero-order chi connectivity index (χ0) is 16.4. The van der Waals surface area contributed by atoms with Gasteiger partial charge in [-0.15, -0.1) is 0 Å². The third-order valence-electron chi connectivity index (χ3n) is 4.86. The predicted octanol–water partition coefficient (Wildman–Crippen LogP) is 3.31. The fourth-order valence-electron chi connectivity index (χ4n) is 3.61. The van der Waals surface area contributed by atoms with Crippen LogP contribution in [0.1, 0.15) is 36.6 Å². The maximum atomic E-state index is 5.78. The molecule has 4 rings (SSSR count). The first-order chi connectivity index (χ1) is 11.8. The van der Waals surface area contributed by atoms with Gasteiger partial charge in [0.15, 0.2) is 5.65 Å². The number of aromatic nitrogens is 3. The minimum absolute atomic E-state index is 0.689. The number of hydrogen-bond acceptors (Lipinski definition) is 4. The molecule has 1 aliphatic heterocycles. The predicted molar refractivity (Wildman–Crippen MR) is 94.0 cm³/mol. The molecule has 0 aromatic carbocycles. The molecule has 1 atom stereocenters.